The van der Waals surface area contributed by atoms with Crippen molar-refractivity contribution in [2.45, 2.75) is 105 Å². The van der Waals surface area contributed by atoms with Gasteiger partial charge in [-0.1, -0.05) is 283 Å². The van der Waals surface area contributed by atoms with E-state index in [9.17, 15) is 19.2 Å². The van der Waals surface area contributed by atoms with E-state index in [4.69, 9.17) is 18.4 Å². The highest BCUT2D eigenvalue weighted by molar-refractivity contribution is 7.00. The van der Waals surface area contributed by atoms with Gasteiger partial charge in [0.2, 0.25) is 0 Å². The zero-order valence-electron chi connectivity index (χ0n) is 85.9. The smallest absolute Gasteiger partial charge is 0.252 e. The molecule has 0 fully saturated rings. The predicted molar refractivity (Wildman–Crippen MR) is 484 cm³/mol. The molecule has 0 N–H and O–H groups in total. The zero-order chi connectivity index (χ0) is 95.6. The number of aromatic nitrogens is 3. The maximum Gasteiger partial charge on any atom is 0.252 e. The van der Waals surface area contributed by atoms with Gasteiger partial charge in [-0.3, -0.25) is 0 Å². The Bertz CT molecular complexity index is 8570. The molecule has 0 saturated heterocycles. The molecule has 0 aliphatic carbocycles. The van der Waals surface area contributed by atoms with E-state index in [1.54, 1.807) is 30.3 Å². The first kappa shape index (κ1) is 49.4. The van der Waals surface area contributed by atoms with Crippen LogP contribution in [-0.4, -0.2) is 20.4 Å². The minimum Gasteiger partial charge on any atom is -0.452 e. The average Bonchev–Trinajstić information content (AvgIpc) is 1.48. The Balaban J connectivity index is 0.903. The van der Waals surface area contributed by atoms with E-state index in [1.807, 2.05) is 60.7 Å². The molecule has 22 rings (SSSR count). The van der Waals surface area contributed by atoms with Gasteiger partial charge in [0.1, 0.15) is 0 Å². The van der Waals surface area contributed by atoms with Crippen LogP contribution in [0.1, 0.15) is 134 Å². The van der Waals surface area contributed by atoms with Gasteiger partial charge >= 0.3 is 0 Å². The standard InChI is InChI=1S/C106H86BN5O2/c1-103(2,3)67-47-52-88-80(60-67)81-61-68(104(4,5)6)48-53-89(81)108(88)71-49-51-83-95(62-71)112(93-45-27-37-79-77-35-25-43-91(100(77)114-102(79)93)110-86-40-22-18-32-74(86)75-33-19-23-41-87(75)110)97-58-66(65-54-69(105(7,8)9)59-70(55-65)106(10,11)12)57-96-98(97)107(83)82-50-46-64(63-28-14-13-15-29-63)56-94(82)111(96)92-44-26-36-78-76-34-24-42-90(99(76)113-101(78)92)109-84-38-20-16-30-72(84)73-31-17-21-39-85(73)109/h13-62H,1-12H3/i13D,14D,15D,16D,17D,18D,19D,20D,21D,22D,23D,28D,29D,30D,31D,32D,33D,38D,39D,40D,41D. The van der Waals surface area contributed by atoms with E-state index in [0.29, 0.717) is 66.7 Å². The molecule has 0 bridgehead atoms. The summed E-state index contributed by atoms with van der Waals surface area (Å²) in [5, 5.41) is 3.85. The summed E-state index contributed by atoms with van der Waals surface area (Å²) in [6, 6.07) is 47.8. The Morgan fingerprint density at radius 2 is 0.623 bits per heavy atom. The number of para-hydroxylation sites is 8. The van der Waals surface area contributed by atoms with Crippen molar-refractivity contribution >= 4 is 167 Å². The molecule has 0 radical (unpaired) electrons. The van der Waals surface area contributed by atoms with Crippen LogP contribution in [0.3, 0.4) is 0 Å². The molecule has 0 unspecified atom stereocenters. The SMILES string of the molecule is [2H]c1c([2H])c([2H])c(-c2ccc3c(c2)N(c2cccc4c2oc2c(-n5c6c([2H])c([2H])c([2H])c([2H])c6c6c([2H])c([2H])c([2H])c([2H])c65)cccc24)c2cc(-c4cc(C(C)(C)C)cc(C(C)(C)C)c4)cc4c2B3c2ccc(-n3c5ccc(C(C)(C)C)cc5c5cc(C(C)(C)C)ccc53)cc2N4c2cccc3c2oc2c(-n4c5c([2H])c([2H])c([2H])c([2H])c5c5c([2H])c([2H])c([2H])c([2H])c54)cccc23)c([2H])c1[2H]. The van der Waals surface area contributed by atoms with E-state index in [-0.39, 0.29) is 93.7 Å². The Hall–Kier alpha value is -13.0. The molecule has 7 heterocycles. The average molecular weight is 1490 g/mol. The number of fused-ring (bicyclic) bond motifs is 19. The molecule has 7 nitrogen and oxygen atoms in total. The summed E-state index contributed by atoms with van der Waals surface area (Å²) in [5.41, 5.74) is 14.1. The number of rotatable bonds is 7. The molecule has 5 aromatic heterocycles. The van der Waals surface area contributed by atoms with Gasteiger partial charge in [0, 0.05) is 82.3 Å². The van der Waals surface area contributed by atoms with Gasteiger partial charge in [0.15, 0.2) is 22.3 Å². The lowest BCUT2D eigenvalue weighted by Crippen LogP contribution is -2.61. The molecular weight excluding hydrogens is 1390 g/mol. The number of hydrogen-bond acceptors (Lipinski definition) is 4. The molecule has 0 atom stereocenters. The van der Waals surface area contributed by atoms with Gasteiger partial charge in [-0.2, -0.15) is 0 Å². The van der Waals surface area contributed by atoms with Gasteiger partial charge in [0.25, 0.3) is 6.71 Å². The lowest BCUT2D eigenvalue weighted by molar-refractivity contribution is 0.569. The second-order valence-electron chi connectivity index (χ2n) is 34.5. The van der Waals surface area contributed by atoms with Crippen LogP contribution in [0.4, 0.5) is 34.1 Å². The topological polar surface area (TPSA) is 47.6 Å². The molecule has 15 aromatic carbocycles. The van der Waals surface area contributed by atoms with Crippen LogP contribution in [-0.2, 0) is 21.7 Å². The molecule has 20 aromatic rings. The molecule has 2 aliphatic rings. The highest BCUT2D eigenvalue weighted by Crippen LogP contribution is 2.54. The summed E-state index contributed by atoms with van der Waals surface area (Å²) >= 11 is 0. The zero-order valence-corrected chi connectivity index (χ0v) is 64.9. The summed E-state index contributed by atoms with van der Waals surface area (Å²) < 4.78 is 216. The second kappa shape index (κ2) is 24.2. The lowest BCUT2D eigenvalue weighted by Gasteiger charge is -2.44. The largest absolute Gasteiger partial charge is 0.452 e. The summed E-state index contributed by atoms with van der Waals surface area (Å²) in [7, 11) is 0. The summed E-state index contributed by atoms with van der Waals surface area (Å²) in [5.74, 6) is 0. The lowest BCUT2D eigenvalue weighted by atomic mass is 9.33. The van der Waals surface area contributed by atoms with Crippen LogP contribution in [0.2, 0.25) is 0 Å². The van der Waals surface area contributed by atoms with Gasteiger partial charge in [-0.15, -0.1) is 0 Å². The fraction of sp³-hybridized carbons (Fsp3) is 0.151. The van der Waals surface area contributed by atoms with Crippen LogP contribution in [0.25, 0.3) is 149 Å². The third-order valence-corrected chi connectivity index (χ3v) is 23.6. The first-order valence-electron chi connectivity index (χ1n) is 49.1. The van der Waals surface area contributed by atoms with Gasteiger partial charge < -0.3 is 32.3 Å². The number of hydrogen-bond donors (Lipinski definition) is 0. The van der Waals surface area contributed by atoms with Crippen LogP contribution in [0.5, 0.6) is 0 Å². The van der Waals surface area contributed by atoms with Crippen LogP contribution in [0, 0.1) is 0 Å². The highest BCUT2D eigenvalue weighted by atomic mass is 16.3. The fourth-order valence-electron chi connectivity index (χ4n) is 17.9. The first-order chi connectivity index (χ1) is 63.8. The highest BCUT2D eigenvalue weighted by Gasteiger charge is 2.46. The Kier molecular flexibility index (Phi) is 10.5. The number of nitrogens with zero attached hydrogens (tertiary/aromatic N) is 5. The van der Waals surface area contributed by atoms with Crippen molar-refractivity contribution in [1.82, 2.24) is 13.7 Å². The maximum absolute atomic E-state index is 9.71. The predicted octanol–water partition coefficient (Wildman–Crippen LogP) is 27.4. The molecule has 0 spiro atoms. The van der Waals surface area contributed by atoms with Crippen molar-refractivity contribution in [3.8, 4) is 39.3 Å². The minimum absolute atomic E-state index is 0.0595. The summed E-state index contributed by atoms with van der Waals surface area (Å²) in [6.45, 7) is 25.6. The van der Waals surface area contributed by atoms with E-state index in [2.05, 4.69) is 182 Å². The molecule has 0 saturated carbocycles. The van der Waals surface area contributed by atoms with Crippen LogP contribution < -0.4 is 26.2 Å². The monoisotopic (exact) mass is 1490 g/mol. The molecule has 114 heavy (non-hydrogen) atoms. The number of anilines is 6. The first-order valence-corrected chi connectivity index (χ1v) is 38.6. The van der Waals surface area contributed by atoms with Crippen LogP contribution >= 0.6 is 0 Å². The molecule has 8 heteroatoms. The van der Waals surface area contributed by atoms with Gasteiger partial charge in [-0.05, 0) is 186 Å². The quantitative estimate of drug-likeness (QED) is 0.149. The molecule has 0 amide bonds. The Labute approximate surface area is 693 Å². The Morgan fingerprint density at radius 1 is 0.254 bits per heavy atom. The van der Waals surface area contributed by atoms with Gasteiger partial charge in [0.05, 0.1) is 84.6 Å². The third-order valence-electron chi connectivity index (χ3n) is 23.6. The number of benzene rings is 15. The molecule has 2 aliphatic heterocycles. The van der Waals surface area contributed by atoms with Crippen molar-refractivity contribution in [1.29, 1.82) is 0 Å². The van der Waals surface area contributed by atoms with Gasteiger partial charge in [-0.25, -0.2) is 0 Å². The van der Waals surface area contributed by atoms with Crippen molar-refractivity contribution in [2.24, 2.45) is 0 Å². The van der Waals surface area contributed by atoms with E-state index >= 15 is 0 Å². The minimum atomic E-state index is -0.759. The van der Waals surface area contributed by atoms with Crippen molar-refractivity contribution in [3.63, 3.8) is 0 Å². The number of furan rings is 2. The second-order valence-corrected chi connectivity index (χ2v) is 34.5. The normalized spacial score (nSPS) is 16.0. The van der Waals surface area contributed by atoms with E-state index in [0.717, 1.165) is 71.8 Å². The van der Waals surface area contributed by atoms with E-state index in [1.165, 1.54) is 9.13 Å². The summed E-state index contributed by atoms with van der Waals surface area (Å²) in [6.07, 6.45) is 0. The Morgan fingerprint density at radius 3 is 1.05 bits per heavy atom. The van der Waals surface area contributed by atoms with Crippen LogP contribution in [0.15, 0.2) is 312 Å². The van der Waals surface area contributed by atoms with Crippen molar-refractivity contribution < 1.29 is 37.6 Å². The van der Waals surface area contributed by atoms with Crippen molar-refractivity contribution in [2.75, 3.05) is 9.80 Å². The fourth-order valence-corrected chi connectivity index (χ4v) is 17.9. The van der Waals surface area contributed by atoms with E-state index < -0.39 is 144 Å². The third kappa shape index (κ3) is 10.1. The molecular formula is C106H86BN5O2. The molecule has 550 valence electrons. The van der Waals surface area contributed by atoms with Crippen molar-refractivity contribution in [3.05, 3.63) is 325 Å². The summed E-state index contributed by atoms with van der Waals surface area (Å²) in [4.78, 5) is 4.34. The maximum atomic E-state index is 9.71.